The fourth-order valence-corrected chi connectivity index (χ4v) is 5.43. The maximum atomic E-state index is 12.4. The van der Waals surface area contributed by atoms with Crippen LogP contribution in [0.4, 0.5) is 10.8 Å². The Balaban J connectivity index is 1.67. The van der Waals surface area contributed by atoms with Crippen molar-refractivity contribution in [2.75, 3.05) is 16.6 Å². The lowest BCUT2D eigenvalue weighted by atomic mass is 10.1. The third-order valence-corrected chi connectivity index (χ3v) is 7.26. The van der Waals surface area contributed by atoms with Crippen molar-refractivity contribution in [1.82, 2.24) is 4.98 Å². The molecule has 158 valence electrons. The van der Waals surface area contributed by atoms with E-state index in [-0.39, 0.29) is 21.5 Å². The molecule has 0 saturated carbocycles. The van der Waals surface area contributed by atoms with Gasteiger partial charge >= 0.3 is 5.97 Å². The van der Waals surface area contributed by atoms with E-state index in [0.717, 1.165) is 11.3 Å². The van der Waals surface area contributed by atoms with Crippen LogP contribution in [0.3, 0.4) is 0 Å². The van der Waals surface area contributed by atoms with Crippen LogP contribution in [-0.4, -0.2) is 34.9 Å². The number of nitrogens with one attached hydrogen (secondary N) is 2. The molecule has 2 aromatic carbocycles. The largest absolute Gasteiger partial charge is 0.465 e. The number of methoxy groups -OCH3 is 1. The number of aromatic nitrogens is 1. The summed E-state index contributed by atoms with van der Waals surface area (Å²) in [5.41, 5.74) is 1.01. The van der Waals surface area contributed by atoms with Crippen LogP contribution in [0.2, 0.25) is 0 Å². The van der Waals surface area contributed by atoms with Gasteiger partial charge in [-0.1, -0.05) is 12.1 Å². The Kier molecular flexibility index (Phi) is 6.39. The third-order valence-electron chi connectivity index (χ3n) is 3.82. The summed E-state index contributed by atoms with van der Waals surface area (Å²) in [4.78, 5) is 15.3. The summed E-state index contributed by atoms with van der Waals surface area (Å²) in [5.74, 6) is -0.831. The van der Waals surface area contributed by atoms with E-state index >= 15 is 0 Å². The number of benzene rings is 2. The van der Waals surface area contributed by atoms with Crippen molar-refractivity contribution in [3.8, 4) is 0 Å². The summed E-state index contributed by atoms with van der Waals surface area (Å²) < 4.78 is 58.8. The molecule has 0 atom stereocenters. The molecule has 0 aliphatic heterocycles. The molecule has 2 N–H and O–H groups in total. The topological polar surface area (TPSA) is 132 Å². The molecule has 9 nitrogen and oxygen atoms in total. The highest BCUT2D eigenvalue weighted by Gasteiger charge is 2.17. The number of hydrogen-bond donors (Lipinski definition) is 2. The van der Waals surface area contributed by atoms with E-state index in [9.17, 15) is 21.6 Å². The zero-order valence-electron chi connectivity index (χ0n) is 15.6. The Morgan fingerprint density at radius 2 is 1.67 bits per heavy atom. The van der Waals surface area contributed by atoms with Crippen LogP contribution >= 0.6 is 11.3 Å². The Morgan fingerprint density at radius 1 is 1.00 bits per heavy atom. The first-order chi connectivity index (χ1) is 14.2. The quantitative estimate of drug-likeness (QED) is 0.487. The molecule has 0 aliphatic carbocycles. The second-order valence-electron chi connectivity index (χ2n) is 6.02. The zero-order valence-corrected chi connectivity index (χ0v) is 18.1. The fourth-order valence-electron chi connectivity index (χ4n) is 2.44. The Morgan fingerprint density at radius 3 is 2.23 bits per heavy atom. The van der Waals surface area contributed by atoms with E-state index in [0.29, 0.717) is 11.1 Å². The summed E-state index contributed by atoms with van der Waals surface area (Å²) in [5, 5.41) is 1.87. The first kappa shape index (κ1) is 21.7. The van der Waals surface area contributed by atoms with Gasteiger partial charge in [-0.15, -0.1) is 11.3 Å². The molecule has 0 bridgehead atoms. The molecule has 30 heavy (non-hydrogen) atoms. The number of carbonyl (C=O) groups excluding carboxylic acids is 1. The van der Waals surface area contributed by atoms with E-state index in [1.165, 1.54) is 61.8 Å². The number of hydrogen-bond acceptors (Lipinski definition) is 8. The standard InChI is InChI=1S/C18H17N3O6S3/c1-27-17(22)14-4-2-13(3-5-14)12-29(23,24)20-15-6-8-16(9-7-15)30(25,26)21-18-19-10-11-28-18/h2-11,20H,12H2,1H3,(H,19,21). The lowest BCUT2D eigenvalue weighted by Crippen LogP contribution is -2.16. The van der Waals surface area contributed by atoms with Crippen molar-refractivity contribution < 1.29 is 26.4 Å². The lowest BCUT2D eigenvalue weighted by molar-refractivity contribution is 0.0600. The molecule has 3 aromatic rings. The highest BCUT2D eigenvalue weighted by Crippen LogP contribution is 2.20. The second kappa shape index (κ2) is 8.81. The summed E-state index contributed by atoms with van der Waals surface area (Å²) in [6, 6.07) is 11.3. The number of sulfonamides is 2. The predicted molar refractivity (Wildman–Crippen MR) is 113 cm³/mol. The van der Waals surface area contributed by atoms with E-state index in [4.69, 9.17) is 0 Å². The monoisotopic (exact) mass is 467 g/mol. The minimum Gasteiger partial charge on any atom is -0.465 e. The van der Waals surface area contributed by atoms with Gasteiger partial charge in [0.05, 0.1) is 23.3 Å². The van der Waals surface area contributed by atoms with E-state index in [2.05, 4.69) is 19.2 Å². The smallest absolute Gasteiger partial charge is 0.337 e. The molecular formula is C18H17N3O6S3. The minimum atomic E-state index is -3.82. The average molecular weight is 468 g/mol. The maximum absolute atomic E-state index is 12.4. The van der Waals surface area contributed by atoms with Crippen LogP contribution in [0.25, 0.3) is 0 Å². The molecule has 0 radical (unpaired) electrons. The molecule has 0 unspecified atom stereocenters. The summed E-state index contributed by atoms with van der Waals surface area (Å²) in [7, 11) is -6.32. The van der Waals surface area contributed by atoms with Gasteiger partial charge in [-0.2, -0.15) is 0 Å². The number of thiazole rings is 1. The van der Waals surface area contributed by atoms with Gasteiger partial charge in [0.25, 0.3) is 10.0 Å². The van der Waals surface area contributed by atoms with E-state index in [1.54, 1.807) is 5.38 Å². The van der Waals surface area contributed by atoms with Crippen LogP contribution in [0, 0.1) is 0 Å². The number of nitrogens with zero attached hydrogens (tertiary/aromatic N) is 1. The van der Waals surface area contributed by atoms with E-state index in [1.807, 2.05) is 0 Å². The number of esters is 1. The average Bonchev–Trinajstić information content (AvgIpc) is 3.20. The Bertz CT molecular complexity index is 1220. The number of carbonyl (C=O) groups is 1. The van der Waals surface area contributed by atoms with Crippen LogP contribution < -0.4 is 9.44 Å². The van der Waals surface area contributed by atoms with Gasteiger partial charge in [0.2, 0.25) is 10.0 Å². The van der Waals surface area contributed by atoms with Crippen molar-refractivity contribution in [1.29, 1.82) is 0 Å². The van der Waals surface area contributed by atoms with Gasteiger partial charge in [-0.05, 0) is 42.0 Å². The van der Waals surface area contributed by atoms with Crippen molar-refractivity contribution in [2.45, 2.75) is 10.6 Å². The lowest BCUT2D eigenvalue weighted by Gasteiger charge is -2.10. The van der Waals surface area contributed by atoms with Gasteiger partial charge in [-0.25, -0.2) is 26.6 Å². The molecule has 1 aromatic heterocycles. The normalized spacial score (nSPS) is 11.6. The zero-order chi connectivity index (χ0) is 21.8. The predicted octanol–water partition coefficient (Wildman–Crippen LogP) is 2.67. The molecule has 1 heterocycles. The van der Waals surface area contributed by atoms with Crippen molar-refractivity contribution in [2.24, 2.45) is 0 Å². The van der Waals surface area contributed by atoms with Crippen LogP contribution in [0.15, 0.2) is 65.0 Å². The van der Waals surface area contributed by atoms with Gasteiger partial charge in [0, 0.05) is 17.3 Å². The molecular weight excluding hydrogens is 450 g/mol. The Hall–Kier alpha value is -2.96. The van der Waals surface area contributed by atoms with Crippen molar-refractivity contribution >= 4 is 48.2 Å². The summed E-state index contributed by atoms with van der Waals surface area (Å²) in [6.07, 6.45) is 1.48. The molecule has 0 fully saturated rings. The number of rotatable bonds is 8. The number of ether oxygens (including phenoxy) is 1. The molecule has 12 heteroatoms. The summed E-state index contributed by atoms with van der Waals surface area (Å²) >= 11 is 1.14. The number of anilines is 2. The van der Waals surface area contributed by atoms with Crippen LogP contribution in [0.5, 0.6) is 0 Å². The van der Waals surface area contributed by atoms with Gasteiger partial charge in [-0.3, -0.25) is 9.44 Å². The molecule has 0 spiro atoms. The van der Waals surface area contributed by atoms with Crippen LogP contribution in [-0.2, 0) is 30.5 Å². The minimum absolute atomic E-state index is 0.0287. The molecule has 0 aliphatic rings. The first-order valence-corrected chi connectivity index (χ1v) is 12.4. The molecule has 3 rings (SSSR count). The van der Waals surface area contributed by atoms with E-state index < -0.39 is 26.0 Å². The SMILES string of the molecule is COC(=O)c1ccc(CS(=O)(=O)Nc2ccc(S(=O)(=O)Nc3nccs3)cc2)cc1. The fraction of sp³-hybridized carbons (Fsp3) is 0.111. The summed E-state index contributed by atoms with van der Waals surface area (Å²) in [6.45, 7) is 0. The molecule has 0 saturated heterocycles. The van der Waals surface area contributed by atoms with Crippen molar-refractivity contribution in [3.63, 3.8) is 0 Å². The first-order valence-electron chi connectivity index (χ1n) is 8.39. The van der Waals surface area contributed by atoms with Gasteiger partial charge in [0.15, 0.2) is 5.13 Å². The van der Waals surface area contributed by atoms with Crippen LogP contribution in [0.1, 0.15) is 15.9 Å². The van der Waals surface area contributed by atoms with Gasteiger partial charge < -0.3 is 4.74 Å². The Labute approximate surface area is 177 Å². The third kappa shape index (κ3) is 5.55. The highest BCUT2D eigenvalue weighted by molar-refractivity contribution is 7.93. The highest BCUT2D eigenvalue weighted by atomic mass is 32.2. The molecule has 0 amide bonds. The maximum Gasteiger partial charge on any atom is 0.337 e. The van der Waals surface area contributed by atoms with Gasteiger partial charge in [0.1, 0.15) is 0 Å². The second-order valence-corrected chi connectivity index (χ2v) is 10.3. The van der Waals surface area contributed by atoms with Crippen molar-refractivity contribution in [3.05, 3.63) is 71.2 Å².